The summed E-state index contributed by atoms with van der Waals surface area (Å²) in [5.41, 5.74) is 3.71. The van der Waals surface area contributed by atoms with Crippen molar-refractivity contribution in [3.63, 3.8) is 0 Å². The summed E-state index contributed by atoms with van der Waals surface area (Å²) in [4.78, 5) is 4.67. The molecule has 0 spiro atoms. The number of nitrogens with zero attached hydrogens (tertiary/aromatic N) is 1. The van der Waals surface area contributed by atoms with E-state index in [9.17, 15) is 0 Å². The smallest absolute Gasteiger partial charge is 0.210 e. The van der Waals surface area contributed by atoms with E-state index in [0.717, 1.165) is 18.5 Å². The lowest BCUT2D eigenvalue weighted by Crippen LogP contribution is -2.37. The van der Waals surface area contributed by atoms with Crippen LogP contribution < -0.4 is 16.6 Å². The normalized spacial score (nSPS) is 16.6. The summed E-state index contributed by atoms with van der Waals surface area (Å²) in [6, 6.07) is 14.9. The molecule has 4 heteroatoms. The van der Waals surface area contributed by atoms with Crippen molar-refractivity contribution < 1.29 is 0 Å². The van der Waals surface area contributed by atoms with Crippen LogP contribution >= 0.6 is 0 Å². The Bertz CT molecular complexity index is 609. The van der Waals surface area contributed by atoms with E-state index in [0.29, 0.717) is 12.0 Å². The number of anilines is 1. The molecule has 2 aromatic rings. The van der Waals surface area contributed by atoms with E-state index >= 15 is 0 Å². The van der Waals surface area contributed by atoms with E-state index in [-0.39, 0.29) is 0 Å². The molecule has 20 heavy (non-hydrogen) atoms. The van der Waals surface area contributed by atoms with Gasteiger partial charge in [-0.3, -0.25) is 5.43 Å². The van der Waals surface area contributed by atoms with Gasteiger partial charge < -0.3 is 5.32 Å². The predicted molar refractivity (Wildman–Crippen MR) is 84.6 cm³/mol. The Labute approximate surface area is 119 Å². The van der Waals surface area contributed by atoms with E-state index in [1.807, 2.05) is 24.3 Å². The van der Waals surface area contributed by atoms with Gasteiger partial charge in [0.25, 0.3) is 0 Å². The Morgan fingerprint density at radius 2 is 1.80 bits per heavy atom. The first-order valence-electron chi connectivity index (χ1n) is 7.16. The Kier molecular flexibility index (Phi) is 3.83. The average molecular weight is 268 g/mol. The predicted octanol–water partition coefficient (Wildman–Crippen LogP) is 3.01. The third-order valence-electron chi connectivity index (χ3n) is 3.82. The SMILES string of the molecule is NNC(=NC1CCCC1)Nc1cccc2ccccc12. The number of nitrogens with one attached hydrogen (secondary N) is 2. The molecule has 0 unspecified atom stereocenters. The first-order valence-corrected chi connectivity index (χ1v) is 7.16. The minimum Gasteiger partial charge on any atom is -0.325 e. The van der Waals surface area contributed by atoms with Crippen molar-refractivity contribution in [2.45, 2.75) is 31.7 Å². The van der Waals surface area contributed by atoms with Gasteiger partial charge in [0.2, 0.25) is 5.96 Å². The topological polar surface area (TPSA) is 62.4 Å². The van der Waals surface area contributed by atoms with Crippen molar-refractivity contribution >= 4 is 22.4 Å². The number of rotatable bonds is 2. The largest absolute Gasteiger partial charge is 0.325 e. The van der Waals surface area contributed by atoms with E-state index in [2.05, 4.69) is 33.9 Å². The second kappa shape index (κ2) is 5.92. The quantitative estimate of drug-likeness (QED) is 0.339. The molecular weight excluding hydrogens is 248 g/mol. The number of fused-ring (bicyclic) bond motifs is 1. The highest BCUT2D eigenvalue weighted by Crippen LogP contribution is 2.24. The molecule has 0 aliphatic heterocycles. The molecule has 3 rings (SSSR count). The van der Waals surface area contributed by atoms with Crippen molar-refractivity contribution in [3.8, 4) is 0 Å². The summed E-state index contributed by atoms with van der Waals surface area (Å²) >= 11 is 0. The maximum absolute atomic E-state index is 5.60. The van der Waals surface area contributed by atoms with Gasteiger partial charge in [-0.1, -0.05) is 49.2 Å². The van der Waals surface area contributed by atoms with Crippen molar-refractivity contribution in [2.75, 3.05) is 5.32 Å². The number of hydrazine groups is 1. The number of benzene rings is 2. The van der Waals surface area contributed by atoms with Crippen LogP contribution in [0.5, 0.6) is 0 Å². The minimum atomic E-state index is 0.392. The second-order valence-electron chi connectivity index (χ2n) is 5.21. The third-order valence-corrected chi connectivity index (χ3v) is 3.82. The van der Waals surface area contributed by atoms with Crippen molar-refractivity contribution in [1.29, 1.82) is 0 Å². The zero-order chi connectivity index (χ0) is 13.8. The molecule has 2 aromatic carbocycles. The van der Waals surface area contributed by atoms with Crippen LogP contribution in [0.4, 0.5) is 5.69 Å². The molecule has 1 saturated carbocycles. The second-order valence-corrected chi connectivity index (χ2v) is 5.21. The van der Waals surface area contributed by atoms with Crippen LogP contribution in [0.3, 0.4) is 0 Å². The van der Waals surface area contributed by atoms with Gasteiger partial charge in [-0.05, 0) is 24.3 Å². The Morgan fingerprint density at radius 1 is 1.05 bits per heavy atom. The summed E-state index contributed by atoms with van der Waals surface area (Å²) in [5.74, 6) is 6.25. The molecule has 1 aliphatic rings. The van der Waals surface area contributed by atoms with Gasteiger partial charge in [-0.2, -0.15) is 0 Å². The first kappa shape index (κ1) is 12.9. The Hall–Kier alpha value is -2.07. The van der Waals surface area contributed by atoms with Gasteiger partial charge in [-0.25, -0.2) is 10.8 Å². The van der Waals surface area contributed by atoms with Gasteiger partial charge in [-0.15, -0.1) is 0 Å². The number of guanidine groups is 1. The highest BCUT2D eigenvalue weighted by Gasteiger charge is 2.14. The molecule has 0 atom stereocenters. The molecule has 0 bridgehead atoms. The fourth-order valence-corrected chi connectivity index (χ4v) is 2.78. The standard InChI is InChI=1S/C16H20N4/c17-20-16(18-13-8-2-3-9-13)19-15-11-5-7-12-6-1-4-10-14(12)15/h1,4-7,10-11,13H,2-3,8-9,17H2,(H2,18,19,20). The zero-order valence-corrected chi connectivity index (χ0v) is 11.5. The number of aliphatic imine (C=N–C) groups is 1. The fourth-order valence-electron chi connectivity index (χ4n) is 2.78. The molecule has 0 saturated heterocycles. The van der Waals surface area contributed by atoms with E-state index in [1.54, 1.807) is 0 Å². The average Bonchev–Trinajstić information content (AvgIpc) is 3.00. The summed E-state index contributed by atoms with van der Waals surface area (Å²) in [6.45, 7) is 0. The summed E-state index contributed by atoms with van der Waals surface area (Å²) in [7, 11) is 0. The number of nitrogens with two attached hydrogens (primary N) is 1. The molecule has 4 nitrogen and oxygen atoms in total. The molecule has 0 aromatic heterocycles. The maximum Gasteiger partial charge on any atom is 0.210 e. The summed E-state index contributed by atoms with van der Waals surface area (Å²) in [5, 5.41) is 5.69. The lowest BCUT2D eigenvalue weighted by Gasteiger charge is -2.13. The van der Waals surface area contributed by atoms with E-state index in [4.69, 9.17) is 5.84 Å². The first-order chi connectivity index (χ1) is 9.86. The molecule has 1 fully saturated rings. The molecule has 0 heterocycles. The van der Waals surface area contributed by atoms with Crippen LogP contribution in [0, 0.1) is 0 Å². The molecule has 4 N–H and O–H groups in total. The van der Waals surface area contributed by atoms with Gasteiger partial charge in [0.05, 0.1) is 6.04 Å². The molecule has 0 radical (unpaired) electrons. The fraction of sp³-hybridized carbons (Fsp3) is 0.312. The van der Waals surface area contributed by atoms with Crippen molar-refractivity contribution in [3.05, 3.63) is 42.5 Å². The molecule has 1 aliphatic carbocycles. The van der Waals surface area contributed by atoms with Crippen LogP contribution in [0.2, 0.25) is 0 Å². The van der Waals surface area contributed by atoms with Crippen LogP contribution in [-0.2, 0) is 0 Å². The highest BCUT2D eigenvalue weighted by molar-refractivity contribution is 6.03. The van der Waals surface area contributed by atoms with Gasteiger partial charge in [0, 0.05) is 11.1 Å². The summed E-state index contributed by atoms with van der Waals surface area (Å²) < 4.78 is 0. The Balaban J connectivity index is 1.87. The van der Waals surface area contributed by atoms with Crippen molar-refractivity contribution in [2.24, 2.45) is 10.8 Å². The lowest BCUT2D eigenvalue weighted by molar-refractivity contribution is 0.700. The van der Waals surface area contributed by atoms with E-state index < -0.39 is 0 Å². The number of hydrogen-bond donors (Lipinski definition) is 3. The maximum atomic E-state index is 5.60. The Morgan fingerprint density at radius 3 is 2.60 bits per heavy atom. The van der Waals surface area contributed by atoms with Crippen LogP contribution in [0.1, 0.15) is 25.7 Å². The lowest BCUT2D eigenvalue weighted by atomic mass is 10.1. The van der Waals surface area contributed by atoms with E-state index in [1.165, 1.54) is 23.6 Å². The van der Waals surface area contributed by atoms with Crippen LogP contribution in [0.25, 0.3) is 10.8 Å². The third kappa shape index (κ3) is 2.75. The van der Waals surface area contributed by atoms with Gasteiger partial charge in [0.1, 0.15) is 0 Å². The zero-order valence-electron chi connectivity index (χ0n) is 11.5. The van der Waals surface area contributed by atoms with Gasteiger partial charge >= 0.3 is 0 Å². The molecule has 104 valence electrons. The van der Waals surface area contributed by atoms with Crippen molar-refractivity contribution in [1.82, 2.24) is 5.43 Å². The minimum absolute atomic E-state index is 0.392. The van der Waals surface area contributed by atoms with Crippen LogP contribution in [0.15, 0.2) is 47.5 Å². The van der Waals surface area contributed by atoms with Gasteiger partial charge in [0.15, 0.2) is 0 Å². The molecular formula is C16H20N4. The monoisotopic (exact) mass is 268 g/mol. The molecule has 0 amide bonds. The highest BCUT2D eigenvalue weighted by atomic mass is 15.3. The summed E-state index contributed by atoms with van der Waals surface area (Å²) in [6.07, 6.45) is 4.84. The number of hydrogen-bond acceptors (Lipinski definition) is 2. The van der Waals surface area contributed by atoms with Crippen LogP contribution in [-0.4, -0.2) is 12.0 Å².